The Balaban J connectivity index is 2.14. The van der Waals surface area contributed by atoms with E-state index in [9.17, 15) is 0 Å². The molecule has 1 N–H and O–H groups in total. The van der Waals surface area contributed by atoms with Gasteiger partial charge in [-0.3, -0.25) is 5.10 Å². The zero-order valence-corrected chi connectivity index (χ0v) is 9.42. The van der Waals surface area contributed by atoms with Gasteiger partial charge in [-0.05, 0) is 39.0 Å². The average molecular weight is 212 g/mol. The van der Waals surface area contributed by atoms with E-state index in [1.165, 1.54) is 0 Å². The van der Waals surface area contributed by atoms with Gasteiger partial charge < -0.3 is 9.47 Å². The number of aromatic nitrogens is 3. The molecule has 0 saturated carbocycles. The highest BCUT2D eigenvalue weighted by Crippen LogP contribution is 2.25. The average Bonchev–Trinajstić information content (AvgIpc) is 2.57. The molecule has 4 nitrogen and oxygen atoms in total. The van der Waals surface area contributed by atoms with Gasteiger partial charge in [0.1, 0.15) is 6.33 Å². The molecule has 1 aromatic rings. The van der Waals surface area contributed by atoms with Crippen molar-refractivity contribution in [3.8, 4) is 0 Å². The van der Waals surface area contributed by atoms with Crippen LogP contribution in [-0.4, -0.2) is 39.3 Å². The van der Waals surface area contributed by atoms with Crippen LogP contribution in [0.2, 0.25) is 0 Å². The summed E-state index contributed by atoms with van der Waals surface area (Å²) in [5.41, 5.74) is 0. The molecule has 2 rings (SSSR count). The van der Waals surface area contributed by atoms with Crippen LogP contribution in [0.25, 0.3) is 0 Å². The third-order valence-corrected chi connectivity index (χ3v) is 3.45. The fourth-order valence-corrected chi connectivity index (χ4v) is 2.28. The lowest BCUT2D eigenvalue weighted by Gasteiger charge is -2.35. The van der Waals surface area contributed by atoms with E-state index in [1.54, 1.807) is 0 Å². The first kappa shape index (κ1) is 9.86. The molecule has 5 heteroatoms. The monoisotopic (exact) mass is 212 g/mol. The number of likely N-dealkylation sites (tertiary alicyclic amines) is 1. The zero-order valence-electron chi connectivity index (χ0n) is 8.60. The Morgan fingerprint density at radius 3 is 3.00 bits per heavy atom. The van der Waals surface area contributed by atoms with Crippen LogP contribution in [0, 0.1) is 4.77 Å². The maximum Gasteiger partial charge on any atom is 0.195 e. The van der Waals surface area contributed by atoms with E-state index in [0.717, 1.165) is 24.2 Å². The van der Waals surface area contributed by atoms with Crippen LogP contribution in [0.4, 0.5) is 0 Å². The molecule has 1 aliphatic heterocycles. The van der Waals surface area contributed by atoms with E-state index < -0.39 is 0 Å². The van der Waals surface area contributed by atoms with Crippen molar-refractivity contribution in [2.75, 3.05) is 13.6 Å². The number of H-pyrrole nitrogens is 1. The van der Waals surface area contributed by atoms with Gasteiger partial charge in [0.15, 0.2) is 4.77 Å². The molecule has 1 aliphatic rings. The molecule has 0 radical (unpaired) electrons. The van der Waals surface area contributed by atoms with Gasteiger partial charge in [-0.25, -0.2) is 0 Å². The lowest BCUT2D eigenvalue weighted by Crippen LogP contribution is -2.38. The summed E-state index contributed by atoms with van der Waals surface area (Å²) in [6.45, 7) is 3.40. The van der Waals surface area contributed by atoms with Crippen molar-refractivity contribution in [3.05, 3.63) is 11.1 Å². The van der Waals surface area contributed by atoms with Crippen LogP contribution in [0.1, 0.15) is 25.8 Å². The van der Waals surface area contributed by atoms with Crippen molar-refractivity contribution >= 4 is 12.2 Å². The van der Waals surface area contributed by atoms with Gasteiger partial charge in [0.2, 0.25) is 0 Å². The van der Waals surface area contributed by atoms with Crippen molar-refractivity contribution in [1.82, 2.24) is 19.7 Å². The van der Waals surface area contributed by atoms with Crippen LogP contribution in [0.3, 0.4) is 0 Å². The Kier molecular flexibility index (Phi) is 2.69. The van der Waals surface area contributed by atoms with Gasteiger partial charge in [-0.1, -0.05) is 0 Å². The van der Waals surface area contributed by atoms with E-state index in [1.807, 2.05) is 6.33 Å². The molecule has 1 aromatic heterocycles. The SMILES string of the molecule is CC1CC(n2cn[nH]c2=S)CCN1C. The van der Waals surface area contributed by atoms with Crippen LogP contribution < -0.4 is 0 Å². The molecule has 0 bridgehead atoms. The molecule has 14 heavy (non-hydrogen) atoms. The number of aromatic amines is 1. The first-order valence-corrected chi connectivity index (χ1v) is 5.41. The van der Waals surface area contributed by atoms with Crippen LogP contribution in [0.15, 0.2) is 6.33 Å². The summed E-state index contributed by atoms with van der Waals surface area (Å²) in [5.74, 6) is 0. The standard InChI is InChI=1S/C9H16N4S/c1-7-5-8(3-4-12(7)2)13-6-10-11-9(13)14/h6-8H,3-5H2,1-2H3,(H,11,14). The first-order chi connectivity index (χ1) is 6.68. The second-order valence-corrected chi connectivity index (χ2v) is 4.46. The van der Waals surface area contributed by atoms with Gasteiger partial charge in [0.05, 0.1) is 0 Å². The number of piperidine rings is 1. The fraction of sp³-hybridized carbons (Fsp3) is 0.778. The van der Waals surface area contributed by atoms with Crippen molar-refractivity contribution in [2.45, 2.75) is 31.8 Å². The predicted octanol–water partition coefficient (Wildman–Crippen LogP) is 1.60. The number of nitrogens with one attached hydrogen (secondary N) is 1. The smallest absolute Gasteiger partial charge is 0.195 e. The van der Waals surface area contributed by atoms with Crippen LogP contribution in [-0.2, 0) is 0 Å². The largest absolute Gasteiger partial charge is 0.304 e. The summed E-state index contributed by atoms with van der Waals surface area (Å²) in [4.78, 5) is 2.39. The Bertz CT molecular complexity index is 356. The quantitative estimate of drug-likeness (QED) is 0.718. The number of hydrogen-bond donors (Lipinski definition) is 1. The maximum atomic E-state index is 5.17. The Labute approximate surface area is 88.9 Å². The number of nitrogens with zero attached hydrogens (tertiary/aromatic N) is 3. The summed E-state index contributed by atoms with van der Waals surface area (Å²) < 4.78 is 2.82. The van der Waals surface area contributed by atoms with Gasteiger partial charge in [0, 0.05) is 18.6 Å². The molecule has 1 saturated heterocycles. The summed E-state index contributed by atoms with van der Waals surface area (Å²) in [5, 5.41) is 6.77. The summed E-state index contributed by atoms with van der Waals surface area (Å²) in [6.07, 6.45) is 4.13. The minimum Gasteiger partial charge on any atom is -0.304 e. The molecular weight excluding hydrogens is 196 g/mol. The van der Waals surface area contributed by atoms with E-state index in [-0.39, 0.29) is 0 Å². The molecule has 78 valence electrons. The lowest BCUT2D eigenvalue weighted by atomic mass is 9.99. The third-order valence-electron chi connectivity index (χ3n) is 3.15. The fourth-order valence-electron chi connectivity index (χ4n) is 2.03. The van der Waals surface area contributed by atoms with Crippen LogP contribution >= 0.6 is 12.2 Å². The Morgan fingerprint density at radius 2 is 2.43 bits per heavy atom. The molecule has 0 spiro atoms. The highest BCUT2D eigenvalue weighted by atomic mass is 32.1. The van der Waals surface area contributed by atoms with E-state index >= 15 is 0 Å². The van der Waals surface area contributed by atoms with Crippen molar-refractivity contribution in [3.63, 3.8) is 0 Å². The Hall–Kier alpha value is -0.680. The van der Waals surface area contributed by atoms with Crippen LogP contribution in [0.5, 0.6) is 0 Å². The zero-order chi connectivity index (χ0) is 10.1. The molecule has 0 aromatic carbocycles. The summed E-state index contributed by atoms with van der Waals surface area (Å²) >= 11 is 5.17. The minimum absolute atomic E-state index is 0.521. The minimum atomic E-state index is 0.521. The number of rotatable bonds is 1. The normalized spacial score (nSPS) is 29.3. The first-order valence-electron chi connectivity index (χ1n) is 5.00. The van der Waals surface area contributed by atoms with Crippen molar-refractivity contribution in [1.29, 1.82) is 0 Å². The molecule has 2 heterocycles. The second kappa shape index (κ2) is 3.82. The van der Waals surface area contributed by atoms with Gasteiger partial charge in [-0.15, -0.1) is 0 Å². The number of hydrogen-bond acceptors (Lipinski definition) is 3. The van der Waals surface area contributed by atoms with Gasteiger partial charge in [0.25, 0.3) is 0 Å². The van der Waals surface area contributed by atoms with Crippen molar-refractivity contribution < 1.29 is 0 Å². The molecule has 0 aliphatic carbocycles. The molecule has 0 amide bonds. The topological polar surface area (TPSA) is 36.9 Å². The van der Waals surface area contributed by atoms with E-state index in [2.05, 4.69) is 33.6 Å². The maximum absolute atomic E-state index is 5.17. The molecule has 2 atom stereocenters. The summed E-state index contributed by atoms with van der Waals surface area (Å²) in [7, 11) is 2.18. The lowest BCUT2D eigenvalue weighted by molar-refractivity contribution is 0.156. The van der Waals surface area contributed by atoms with Gasteiger partial charge in [-0.2, -0.15) is 5.10 Å². The highest BCUT2D eigenvalue weighted by molar-refractivity contribution is 7.71. The molecule has 2 unspecified atom stereocenters. The molecular formula is C9H16N4S. The predicted molar refractivity (Wildman–Crippen MR) is 57.8 cm³/mol. The summed E-state index contributed by atoms with van der Waals surface area (Å²) in [6, 6.07) is 1.15. The molecule has 1 fully saturated rings. The second-order valence-electron chi connectivity index (χ2n) is 4.08. The van der Waals surface area contributed by atoms with E-state index in [4.69, 9.17) is 12.2 Å². The Morgan fingerprint density at radius 1 is 1.64 bits per heavy atom. The van der Waals surface area contributed by atoms with E-state index in [0.29, 0.717) is 12.1 Å². The third kappa shape index (κ3) is 1.74. The van der Waals surface area contributed by atoms with Gasteiger partial charge >= 0.3 is 0 Å². The van der Waals surface area contributed by atoms with Crippen molar-refractivity contribution in [2.24, 2.45) is 0 Å². The highest BCUT2D eigenvalue weighted by Gasteiger charge is 2.24.